The highest BCUT2D eigenvalue weighted by Crippen LogP contribution is 2.19. The number of nitrogens with zero attached hydrogens (tertiary/aromatic N) is 2. The number of piperidine rings is 1. The molecule has 1 aromatic rings. The van der Waals surface area contributed by atoms with Gasteiger partial charge < -0.3 is 15.3 Å². The first-order chi connectivity index (χ1) is 10.0. The fraction of sp³-hybridized carbons (Fsp3) is 0.429. The molecule has 1 saturated heterocycles. The Bertz CT molecular complexity index is 556. The van der Waals surface area contributed by atoms with Gasteiger partial charge in [-0.25, -0.2) is 4.79 Å². The maximum absolute atomic E-state index is 12.4. The second kappa shape index (κ2) is 6.34. The summed E-state index contributed by atoms with van der Waals surface area (Å²) in [5, 5.41) is 11.6. The van der Waals surface area contributed by atoms with Crippen LogP contribution in [-0.2, 0) is 4.79 Å². The Labute approximate surface area is 122 Å². The lowest BCUT2D eigenvalue weighted by atomic mass is 10.0. The second-order valence-electron chi connectivity index (χ2n) is 4.86. The van der Waals surface area contributed by atoms with Gasteiger partial charge in [0.25, 0.3) is 11.8 Å². The van der Waals surface area contributed by atoms with Crippen molar-refractivity contribution < 1.29 is 19.5 Å². The van der Waals surface area contributed by atoms with Gasteiger partial charge in [0.1, 0.15) is 11.7 Å². The van der Waals surface area contributed by atoms with Crippen molar-refractivity contribution in [1.82, 2.24) is 15.2 Å². The largest absolute Gasteiger partial charge is 0.480 e. The molecular formula is C14H17N3O4. The van der Waals surface area contributed by atoms with E-state index in [1.54, 1.807) is 0 Å². The van der Waals surface area contributed by atoms with Gasteiger partial charge in [0.15, 0.2) is 0 Å². The van der Waals surface area contributed by atoms with Crippen molar-refractivity contribution in [3.8, 4) is 0 Å². The van der Waals surface area contributed by atoms with Crippen molar-refractivity contribution in [1.29, 1.82) is 0 Å². The molecule has 1 aromatic heterocycles. The van der Waals surface area contributed by atoms with Gasteiger partial charge in [-0.1, -0.05) is 0 Å². The molecule has 2 amide bonds. The minimum Gasteiger partial charge on any atom is -0.480 e. The molecule has 0 unspecified atom stereocenters. The molecule has 1 aliphatic rings. The lowest BCUT2D eigenvalue weighted by molar-refractivity contribution is -0.143. The van der Waals surface area contributed by atoms with Crippen molar-refractivity contribution in [2.24, 2.45) is 0 Å². The average molecular weight is 291 g/mol. The monoisotopic (exact) mass is 291 g/mol. The summed E-state index contributed by atoms with van der Waals surface area (Å²) in [6, 6.07) is 2.16. The minimum absolute atomic E-state index is 0.211. The SMILES string of the molecule is CNC(=O)c1ccc(C(=O)N2CCCC[C@@H]2C(=O)O)cn1. The summed E-state index contributed by atoms with van der Waals surface area (Å²) in [6.45, 7) is 0.424. The maximum atomic E-state index is 12.4. The number of pyridine rings is 1. The first kappa shape index (κ1) is 15.0. The Kier molecular flexibility index (Phi) is 4.52. The summed E-state index contributed by atoms with van der Waals surface area (Å²) in [4.78, 5) is 40.3. The Morgan fingerprint density at radius 1 is 1.33 bits per heavy atom. The van der Waals surface area contributed by atoms with E-state index in [4.69, 9.17) is 0 Å². The molecule has 0 saturated carbocycles. The van der Waals surface area contributed by atoms with Crippen molar-refractivity contribution in [3.05, 3.63) is 29.6 Å². The summed E-state index contributed by atoms with van der Waals surface area (Å²) < 4.78 is 0. The van der Waals surface area contributed by atoms with E-state index < -0.39 is 12.0 Å². The number of amides is 2. The topological polar surface area (TPSA) is 99.6 Å². The third-order valence-corrected chi connectivity index (χ3v) is 3.52. The highest BCUT2D eigenvalue weighted by atomic mass is 16.4. The molecule has 1 aliphatic heterocycles. The molecule has 0 bridgehead atoms. The van der Waals surface area contributed by atoms with E-state index in [1.165, 1.54) is 30.3 Å². The predicted octanol–water partition coefficient (Wildman–Crippen LogP) is 0.520. The number of carbonyl (C=O) groups excluding carboxylic acids is 2. The van der Waals surface area contributed by atoms with Gasteiger partial charge in [-0.15, -0.1) is 0 Å². The predicted molar refractivity (Wildman–Crippen MR) is 73.9 cm³/mol. The van der Waals surface area contributed by atoms with Crippen molar-refractivity contribution in [3.63, 3.8) is 0 Å². The summed E-state index contributed by atoms with van der Waals surface area (Å²) in [5.74, 6) is -1.69. The molecule has 1 fully saturated rings. The highest BCUT2D eigenvalue weighted by Gasteiger charge is 2.32. The van der Waals surface area contributed by atoms with Gasteiger partial charge in [0, 0.05) is 19.8 Å². The molecule has 1 atom stereocenters. The lowest BCUT2D eigenvalue weighted by Gasteiger charge is -2.32. The number of nitrogens with one attached hydrogen (secondary N) is 1. The number of carboxylic acid groups (broad SMARTS) is 1. The summed E-state index contributed by atoms with van der Waals surface area (Å²) in [7, 11) is 1.49. The average Bonchev–Trinajstić information content (AvgIpc) is 2.53. The molecule has 21 heavy (non-hydrogen) atoms. The number of hydrogen-bond donors (Lipinski definition) is 2. The molecule has 7 heteroatoms. The summed E-state index contributed by atoms with van der Waals surface area (Å²) in [5.41, 5.74) is 0.498. The van der Waals surface area contributed by atoms with E-state index in [2.05, 4.69) is 10.3 Å². The number of rotatable bonds is 3. The van der Waals surface area contributed by atoms with Gasteiger partial charge in [0.2, 0.25) is 0 Å². The van der Waals surface area contributed by atoms with E-state index in [-0.39, 0.29) is 23.1 Å². The number of aliphatic carboxylic acids is 1. The minimum atomic E-state index is -0.988. The van der Waals surface area contributed by atoms with Crippen LogP contribution in [-0.4, -0.2) is 52.4 Å². The number of hydrogen-bond acceptors (Lipinski definition) is 4. The molecule has 2 heterocycles. The van der Waals surface area contributed by atoms with Crippen molar-refractivity contribution in [2.45, 2.75) is 25.3 Å². The van der Waals surface area contributed by atoms with Crippen LogP contribution in [0.5, 0.6) is 0 Å². The van der Waals surface area contributed by atoms with E-state index in [0.29, 0.717) is 13.0 Å². The van der Waals surface area contributed by atoms with E-state index >= 15 is 0 Å². The third kappa shape index (κ3) is 3.18. The standard InChI is InChI=1S/C14H17N3O4/c1-15-12(18)10-6-5-9(8-16-10)13(19)17-7-3-2-4-11(17)14(20)21/h5-6,8,11H,2-4,7H2,1H3,(H,15,18)(H,20,21)/t11-/m1/s1. The molecule has 7 nitrogen and oxygen atoms in total. The zero-order valence-corrected chi connectivity index (χ0v) is 11.7. The molecule has 0 aliphatic carbocycles. The molecule has 0 aromatic carbocycles. The number of aromatic nitrogens is 1. The Balaban J connectivity index is 2.18. The first-order valence-corrected chi connectivity index (χ1v) is 6.76. The number of carbonyl (C=O) groups is 3. The smallest absolute Gasteiger partial charge is 0.326 e. The van der Waals surface area contributed by atoms with Crippen LogP contribution in [0.15, 0.2) is 18.3 Å². The Morgan fingerprint density at radius 2 is 2.10 bits per heavy atom. The van der Waals surface area contributed by atoms with Crippen LogP contribution < -0.4 is 5.32 Å². The van der Waals surface area contributed by atoms with E-state index in [9.17, 15) is 19.5 Å². The number of likely N-dealkylation sites (tertiary alicyclic amines) is 1. The molecule has 0 radical (unpaired) electrons. The van der Waals surface area contributed by atoms with Gasteiger partial charge >= 0.3 is 5.97 Å². The van der Waals surface area contributed by atoms with Crippen LogP contribution >= 0.6 is 0 Å². The fourth-order valence-electron chi connectivity index (χ4n) is 2.38. The first-order valence-electron chi connectivity index (χ1n) is 6.76. The third-order valence-electron chi connectivity index (χ3n) is 3.52. The molecule has 112 valence electrons. The number of carboxylic acids is 1. The fourth-order valence-corrected chi connectivity index (χ4v) is 2.38. The van der Waals surface area contributed by atoms with E-state index in [0.717, 1.165) is 12.8 Å². The van der Waals surface area contributed by atoms with Crippen LogP contribution in [0, 0.1) is 0 Å². The maximum Gasteiger partial charge on any atom is 0.326 e. The summed E-state index contributed by atoms with van der Waals surface area (Å²) >= 11 is 0. The quantitative estimate of drug-likeness (QED) is 0.845. The zero-order valence-electron chi connectivity index (χ0n) is 11.7. The normalized spacial score (nSPS) is 18.1. The summed E-state index contributed by atoms with van der Waals surface area (Å²) in [6.07, 6.45) is 3.36. The Hall–Kier alpha value is -2.44. The van der Waals surface area contributed by atoms with Gasteiger partial charge in [0.05, 0.1) is 5.56 Å². The molecular weight excluding hydrogens is 274 g/mol. The second-order valence-corrected chi connectivity index (χ2v) is 4.86. The van der Waals surface area contributed by atoms with Gasteiger partial charge in [-0.2, -0.15) is 0 Å². The van der Waals surface area contributed by atoms with Crippen LogP contribution in [0.2, 0.25) is 0 Å². The van der Waals surface area contributed by atoms with Crippen LogP contribution in [0.25, 0.3) is 0 Å². The van der Waals surface area contributed by atoms with Crippen molar-refractivity contribution >= 4 is 17.8 Å². The van der Waals surface area contributed by atoms with Crippen LogP contribution in [0.1, 0.15) is 40.1 Å². The van der Waals surface area contributed by atoms with Crippen LogP contribution in [0.3, 0.4) is 0 Å². The van der Waals surface area contributed by atoms with E-state index in [1.807, 2.05) is 0 Å². The van der Waals surface area contributed by atoms with Gasteiger partial charge in [-0.3, -0.25) is 14.6 Å². The Morgan fingerprint density at radius 3 is 2.67 bits per heavy atom. The van der Waals surface area contributed by atoms with Crippen LogP contribution in [0.4, 0.5) is 0 Å². The molecule has 0 spiro atoms. The van der Waals surface area contributed by atoms with Gasteiger partial charge in [-0.05, 0) is 31.4 Å². The lowest BCUT2D eigenvalue weighted by Crippen LogP contribution is -2.48. The highest BCUT2D eigenvalue weighted by molar-refractivity contribution is 5.97. The molecule has 2 N–H and O–H groups in total. The zero-order chi connectivity index (χ0) is 15.4. The molecule has 2 rings (SSSR count). The van der Waals surface area contributed by atoms with Crippen molar-refractivity contribution in [2.75, 3.05) is 13.6 Å².